The Balaban J connectivity index is 1.45. The number of hydrogen-bond acceptors (Lipinski definition) is 3. The molecule has 5 nitrogen and oxygen atoms in total. The molecule has 0 radical (unpaired) electrons. The molecule has 2 aliphatic heterocycles. The Hall–Kier alpha value is -3.06. The first-order valence-corrected chi connectivity index (χ1v) is 10.0. The van der Waals surface area contributed by atoms with E-state index in [1.54, 1.807) is 9.58 Å². The molecule has 3 heterocycles. The summed E-state index contributed by atoms with van der Waals surface area (Å²) in [6.45, 7) is 2.30. The van der Waals surface area contributed by atoms with Crippen LogP contribution in [0.3, 0.4) is 0 Å². The van der Waals surface area contributed by atoms with Crippen LogP contribution in [-0.4, -0.2) is 33.7 Å². The summed E-state index contributed by atoms with van der Waals surface area (Å²) >= 11 is 0. The van der Waals surface area contributed by atoms with Crippen LogP contribution in [0.4, 0.5) is 14.5 Å². The highest BCUT2D eigenvalue weighted by Crippen LogP contribution is 2.48. The topological polar surface area (TPSA) is 41.4 Å². The molecule has 1 atom stereocenters. The van der Waals surface area contributed by atoms with Crippen molar-refractivity contribution in [3.63, 3.8) is 0 Å². The molecule has 30 heavy (non-hydrogen) atoms. The third kappa shape index (κ3) is 3.10. The number of rotatable bonds is 4. The first kappa shape index (κ1) is 18.9. The number of carbonyl (C=O) groups excluding carboxylic acids is 1. The minimum atomic E-state index is -0.636. The fourth-order valence-corrected chi connectivity index (χ4v) is 4.87. The van der Waals surface area contributed by atoms with Crippen molar-refractivity contribution in [3.05, 3.63) is 83.2 Å². The highest BCUT2D eigenvalue weighted by molar-refractivity contribution is 6.08. The van der Waals surface area contributed by atoms with Crippen LogP contribution in [0.25, 0.3) is 0 Å². The van der Waals surface area contributed by atoms with Gasteiger partial charge >= 0.3 is 0 Å². The van der Waals surface area contributed by atoms with Gasteiger partial charge in [-0.15, -0.1) is 0 Å². The lowest BCUT2D eigenvalue weighted by Gasteiger charge is -2.24. The summed E-state index contributed by atoms with van der Waals surface area (Å²) in [4.78, 5) is 17.6. The zero-order valence-electron chi connectivity index (χ0n) is 16.7. The standard InChI is InChI=1S/C23H22F2N4O/c1-27-12-17(11-26-27)13-28-7-6-23(15-28)20-4-2-3-5-21(20)29(22(23)30)14-16-8-18(24)10-19(25)9-16/h2-5,8-12H,6-7,13-15H2,1H3. The zero-order chi connectivity index (χ0) is 20.9. The number of aryl methyl sites for hydroxylation is 1. The number of likely N-dealkylation sites (tertiary alicyclic amines) is 1. The van der Waals surface area contributed by atoms with Crippen LogP contribution < -0.4 is 4.90 Å². The Morgan fingerprint density at radius 3 is 2.57 bits per heavy atom. The van der Waals surface area contributed by atoms with Crippen LogP contribution >= 0.6 is 0 Å². The molecule has 1 unspecified atom stereocenters. The SMILES string of the molecule is Cn1cc(CN2CCC3(C2)C(=O)N(Cc2cc(F)cc(F)c2)c2ccccc23)cn1. The van der Waals surface area contributed by atoms with Gasteiger partial charge in [-0.05, 0) is 42.3 Å². The Morgan fingerprint density at radius 2 is 1.83 bits per heavy atom. The lowest BCUT2D eigenvalue weighted by atomic mass is 9.81. The molecular formula is C23H22F2N4O. The highest BCUT2D eigenvalue weighted by atomic mass is 19.1. The third-order valence-corrected chi connectivity index (χ3v) is 6.14. The quantitative estimate of drug-likeness (QED) is 0.665. The van der Waals surface area contributed by atoms with E-state index in [4.69, 9.17) is 0 Å². The average Bonchev–Trinajstić information content (AvgIpc) is 3.37. The van der Waals surface area contributed by atoms with E-state index in [2.05, 4.69) is 10.00 Å². The summed E-state index contributed by atoms with van der Waals surface area (Å²) in [6, 6.07) is 11.2. The molecule has 0 saturated carbocycles. The molecular weight excluding hydrogens is 386 g/mol. The number of para-hydroxylation sites is 1. The third-order valence-electron chi connectivity index (χ3n) is 6.14. The lowest BCUT2D eigenvalue weighted by Crippen LogP contribution is -2.42. The Labute approximate surface area is 173 Å². The minimum Gasteiger partial charge on any atom is -0.307 e. The molecule has 3 aromatic rings. The van der Waals surface area contributed by atoms with Gasteiger partial charge in [0.25, 0.3) is 0 Å². The van der Waals surface area contributed by atoms with Crippen molar-refractivity contribution in [2.45, 2.75) is 24.9 Å². The lowest BCUT2D eigenvalue weighted by molar-refractivity contribution is -0.123. The van der Waals surface area contributed by atoms with Gasteiger partial charge in [0.15, 0.2) is 0 Å². The van der Waals surface area contributed by atoms with Crippen LogP contribution in [0, 0.1) is 11.6 Å². The predicted octanol–water partition coefficient (Wildman–Crippen LogP) is 3.39. The van der Waals surface area contributed by atoms with E-state index in [1.807, 2.05) is 43.7 Å². The fraction of sp³-hybridized carbons (Fsp3) is 0.304. The molecule has 1 amide bonds. The van der Waals surface area contributed by atoms with E-state index in [1.165, 1.54) is 12.1 Å². The van der Waals surface area contributed by atoms with Crippen molar-refractivity contribution in [2.75, 3.05) is 18.0 Å². The van der Waals surface area contributed by atoms with Crippen LogP contribution in [0.15, 0.2) is 54.9 Å². The van der Waals surface area contributed by atoms with Crippen molar-refractivity contribution < 1.29 is 13.6 Å². The van der Waals surface area contributed by atoms with Gasteiger partial charge in [-0.3, -0.25) is 14.4 Å². The van der Waals surface area contributed by atoms with Crippen molar-refractivity contribution in [1.82, 2.24) is 14.7 Å². The van der Waals surface area contributed by atoms with Crippen LogP contribution in [-0.2, 0) is 30.3 Å². The second-order valence-corrected chi connectivity index (χ2v) is 8.25. The summed E-state index contributed by atoms with van der Waals surface area (Å²) in [5.41, 5.74) is 2.76. The van der Waals surface area contributed by atoms with Gasteiger partial charge in [0.05, 0.1) is 18.2 Å². The van der Waals surface area contributed by atoms with Gasteiger partial charge in [-0.2, -0.15) is 5.10 Å². The molecule has 1 fully saturated rings. The summed E-state index contributed by atoms with van der Waals surface area (Å²) in [5.74, 6) is -1.27. The van der Waals surface area contributed by atoms with Gasteiger partial charge < -0.3 is 4.90 Å². The van der Waals surface area contributed by atoms with Gasteiger partial charge in [0.2, 0.25) is 5.91 Å². The van der Waals surface area contributed by atoms with Crippen molar-refractivity contribution >= 4 is 11.6 Å². The number of hydrogen-bond donors (Lipinski definition) is 0. The van der Waals surface area contributed by atoms with Crippen LogP contribution in [0.5, 0.6) is 0 Å². The molecule has 0 N–H and O–H groups in total. The number of anilines is 1. The number of carbonyl (C=O) groups is 1. The molecule has 1 saturated heterocycles. The molecule has 2 aliphatic rings. The number of benzene rings is 2. The summed E-state index contributed by atoms with van der Waals surface area (Å²) in [6.07, 6.45) is 4.55. The normalized spacial score (nSPS) is 21.0. The summed E-state index contributed by atoms with van der Waals surface area (Å²) < 4.78 is 29.2. The predicted molar refractivity (Wildman–Crippen MR) is 109 cm³/mol. The first-order chi connectivity index (χ1) is 14.4. The summed E-state index contributed by atoms with van der Waals surface area (Å²) in [5, 5.41) is 4.23. The molecule has 1 aromatic heterocycles. The Kier molecular flexibility index (Phi) is 4.43. The van der Waals surface area contributed by atoms with Crippen molar-refractivity contribution in [3.8, 4) is 0 Å². The molecule has 0 aliphatic carbocycles. The highest BCUT2D eigenvalue weighted by Gasteiger charge is 2.54. The maximum Gasteiger partial charge on any atom is 0.239 e. The van der Waals surface area contributed by atoms with E-state index in [0.717, 1.165) is 42.4 Å². The Bertz CT molecular complexity index is 1110. The van der Waals surface area contributed by atoms with Crippen LogP contribution in [0.1, 0.15) is 23.1 Å². The van der Waals surface area contributed by atoms with Gasteiger partial charge in [0.1, 0.15) is 11.6 Å². The fourth-order valence-electron chi connectivity index (χ4n) is 4.87. The van der Waals surface area contributed by atoms with Crippen molar-refractivity contribution in [1.29, 1.82) is 0 Å². The maximum atomic E-state index is 13.7. The first-order valence-electron chi connectivity index (χ1n) is 10.0. The molecule has 2 aromatic carbocycles. The van der Waals surface area contributed by atoms with Gasteiger partial charge in [0, 0.05) is 43.7 Å². The minimum absolute atomic E-state index is 0.00190. The van der Waals surface area contributed by atoms with Gasteiger partial charge in [-0.25, -0.2) is 8.78 Å². The summed E-state index contributed by atoms with van der Waals surface area (Å²) in [7, 11) is 1.89. The second-order valence-electron chi connectivity index (χ2n) is 8.25. The monoisotopic (exact) mass is 408 g/mol. The Morgan fingerprint density at radius 1 is 1.07 bits per heavy atom. The molecule has 5 rings (SSSR count). The molecule has 1 spiro atoms. The van der Waals surface area contributed by atoms with Crippen LogP contribution in [0.2, 0.25) is 0 Å². The number of aromatic nitrogens is 2. The zero-order valence-corrected chi connectivity index (χ0v) is 16.7. The number of halogens is 2. The number of nitrogens with zero attached hydrogens (tertiary/aromatic N) is 4. The number of fused-ring (bicyclic) bond motifs is 2. The van der Waals surface area contributed by atoms with Gasteiger partial charge in [-0.1, -0.05) is 18.2 Å². The van der Waals surface area contributed by atoms with E-state index in [9.17, 15) is 13.6 Å². The number of amides is 1. The molecule has 0 bridgehead atoms. The maximum absolute atomic E-state index is 13.7. The molecule has 7 heteroatoms. The average molecular weight is 408 g/mol. The smallest absolute Gasteiger partial charge is 0.239 e. The van der Waals surface area contributed by atoms with E-state index < -0.39 is 17.0 Å². The second kappa shape index (κ2) is 7.02. The van der Waals surface area contributed by atoms with E-state index in [-0.39, 0.29) is 12.5 Å². The molecule has 154 valence electrons. The van der Waals surface area contributed by atoms with E-state index >= 15 is 0 Å². The van der Waals surface area contributed by atoms with Crippen molar-refractivity contribution in [2.24, 2.45) is 7.05 Å². The largest absolute Gasteiger partial charge is 0.307 e. The van der Waals surface area contributed by atoms with E-state index in [0.29, 0.717) is 12.1 Å².